The Labute approximate surface area is 246 Å². The van der Waals surface area contributed by atoms with E-state index in [0.717, 1.165) is 5.56 Å². The van der Waals surface area contributed by atoms with Crippen LogP contribution in [0, 0.1) is 5.41 Å². The SMILES string of the molecule is CC(C)(C)COc1nc(N)nc2c1ncn2C1OC(COP2(=O)OCCC(c3cccc(Cl)c3)O2)C2OC(=O)OC21C. The Bertz CT molecular complexity index is 1560. The fourth-order valence-corrected chi connectivity index (χ4v) is 6.69. The molecule has 3 aromatic rings. The van der Waals surface area contributed by atoms with Gasteiger partial charge in [-0.2, -0.15) is 9.97 Å². The maximum absolute atomic E-state index is 13.4. The van der Waals surface area contributed by atoms with Crippen LogP contribution >= 0.6 is 19.4 Å². The Morgan fingerprint density at radius 1 is 1.29 bits per heavy atom. The zero-order valence-electron chi connectivity index (χ0n) is 23.4. The predicted octanol–water partition coefficient (Wildman–Crippen LogP) is 4.98. The van der Waals surface area contributed by atoms with E-state index in [9.17, 15) is 9.36 Å². The van der Waals surface area contributed by atoms with Crippen molar-refractivity contribution in [1.82, 2.24) is 19.5 Å². The summed E-state index contributed by atoms with van der Waals surface area (Å²) >= 11 is 6.12. The highest BCUT2D eigenvalue weighted by Gasteiger charge is 2.64. The number of nitrogens with two attached hydrogens (primary N) is 1. The molecular formula is C26H31ClN5O9P. The second-order valence-corrected chi connectivity index (χ2v) is 13.7. The molecule has 3 saturated heterocycles. The molecule has 6 atom stereocenters. The summed E-state index contributed by atoms with van der Waals surface area (Å²) in [7, 11) is -4.01. The zero-order valence-corrected chi connectivity index (χ0v) is 25.0. The van der Waals surface area contributed by atoms with E-state index >= 15 is 0 Å². The van der Waals surface area contributed by atoms with Gasteiger partial charge in [0.2, 0.25) is 11.8 Å². The van der Waals surface area contributed by atoms with Crippen molar-refractivity contribution < 1.29 is 41.9 Å². The van der Waals surface area contributed by atoms with E-state index < -0.39 is 44.1 Å². The molecule has 226 valence electrons. The van der Waals surface area contributed by atoms with Gasteiger partial charge >= 0.3 is 14.0 Å². The lowest BCUT2D eigenvalue weighted by atomic mass is 9.96. The molecule has 0 amide bonds. The highest BCUT2D eigenvalue weighted by atomic mass is 35.5. The number of aromatic nitrogens is 4. The number of anilines is 1. The third kappa shape index (κ3) is 5.54. The molecule has 0 spiro atoms. The summed E-state index contributed by atoms with van der Waals surface area (Å²) in [6, 6.07) is 7.07. The molecule has 6 rings (SSSR count). The molecule has 0 aliphatic carbocycles. The van der Waals surface area contributed by atoms with Crippen LogP contribution in [0.2, 0.25) is 5.02 Å². The molecule has 3 aliphatic heterocycles. The van der Waals surface area contributed by atoms with E-state index in [1.807, 2.05) is 26.8 Å². The van der Waals surface area contributed by atoms with Crippen LogP contribution in [0.1, 0.15) is 52.0 Å². The summed E-state index contributed by atoms with van der Waals surface area (Å²) in [6.45, 7) is 7.93. The first-order valence-electron chi connectivity index (χ1n) is 13.3. The van der Waals surface area contributed by atoms with Gasteiger partial charge in [0.15, 0.2) is 29.1 Å². The van der Waals surface area contributed by atoms with E-state index in [4.69, 9.17) is 49.9 Å². The average molecular weight is 624 g/mol. The van der Waals surface area contributed by atoms with Gasteiger partial charge < -0.3 is 24.7 Å². The maximum Gasteiger partial charge on any atom is 0.509 e. The van der Waals surface area contributed by atoms with Crippen LogP contribution in [-0.4, -0.2) is 63.3 Å². The largest absolute Gasteiger partial charge is 0.509 e. The number of benzene rings is 1. The number of carbonyl (C=O) groups is 1. The number of fused-ring (bicyclic) bond motifs is 2. The molecule has 2 N–H and O–H groups in total. The normalized spacial score (nSPS) is 31.1. The number of ether oxygens (including phenoxy) is 4. The maximum atomic E-state index is 13.4. The lowest BCUT2D eigenvalue weighted by Gasteiger charge is -2.30. The highest BCUT2D eigenvalue weighted by Crippen LogP contribution is 2.58. The molecule has 0 radical (unpaired) electrons. The molecule has 1 aromatic carbocycles. The van der Waals surface area contributed by atoms with Crippen molar-refractivity contribution in [3.63, 3.8) is 0 Å². The van der Waals surface area contributed by atoms with Crippen molar-refractivity contribution in [3.05, 3.63) is 41.2 Å². The molecular weight excluding hydrogens is 593 g/mol. The molecule has 3 fully saturated rings. The molecule has 0 bridgehead atoms. The molecule has 16 heteroatoms. The number of hydrogen-bond donors (Lipinski definition) is 1. The topological polar surface area (TPSA) is 168 Å². The second-order valence-electron chi connectivity index (χ2n) is 11.7. The minimum absolute atomic E-state index is 0.0358. The van der Waals surface area contributed by atoms with Gasteiger partial charge in [-0.25, -0.2) is 14.3 Å². The van der Waals surface area contributed by atoms with Crippen molar-refractivity contribution in [3.8, 4) is 5.88 Å². The first-order chi connectivity index (χ1) is 19.8. The number of rotatable bonds is 7. The van der Waals surface area contributed by atoms with Crippen LogP contribution in [0.3, 0.4) is 0 Å². The standard InChI is InChI=1S/C26H31ClN5O9P/c1-25(2,3)12-35-21-18-20(30-23(28)31-21)32(13-29-18)22-26(4)19(39-24(33)40-26)17(38-22)11-37-42(34)36-9-8-16(41-42)14-6-5-7-15(27)10-14/h5-7,10,13,16-17,19,22H,8-9,11-12H2,1-4H3,(H2,28,30,31). The summed E-state index contributed by atoms with van der Waals surface area (Å²) in [6.07, 6.45) is -2.31. The third-order valence-corrected chi connectivity index (χ3v) is 8.74. The van der Waals surface area contributed by atoms with Crippen LogP contribution in [-0.2, 0) is 32.3 Å². The fraction of sp³-hybridized carbons (Fsp3) is 0.538. The summed E-state index contributed by atoms with van der Waals surface area (Å²) < 4.78 is 55.2. The number of nitrogen functional groups attached to an aromatic ring is 1. The van der Waals surface area contributed by atoms with Gasteiger partial charge in [0.1, 0.15) is 6.10 Å². The minimum atomic E-state index is -4.01. The van der Waals surface area contributed by atoms with Gasteiger partial charge in [-0.15, -0.1) is 0 Å². The number of hydrogen-bond acceptors (Lipinski definition) is 13. The van der Waals surface area contributed by atoms with Gasteiger partial charge in [-0.05, 0) is 30.0 Å². The van der Waals surface area contributed by atoms with Crippen molar-refractivity contribution in [2.75, 3.05) is 25.6 Å². The van der Waals surface area contributed by atoms with E-state index in [2.05, 4.69) is 15.0 Å². The van der Waals surface area contributed by atoms with E-state index in [-0.39, 0.29) is 30.5 Å². The van der Waals surface area contributed by atoms with E-state index in [0.29, 0.717) is 29.2 Å². The predicted molar refractivity (Wildman–Crippen MR) is 148 cm³/mol. The summed E-state index contributed by atoms with van der Waals surface area (Å²) in [5, 5.41) is 0.526. The Hall–Kier alpha value is -3.00. The van der Waals surface area contributed by atoms with E-state index in [1.54, 1.807) is 29.7 Å². The van der Waals surface area contributed by atoms with Crippen molar-refractivity contribution in [1.29, 1.82) is 0 Å². The monoisotopic (exact) mass is 623 g/mol. The lowest BCUT2D eigenvalue weighted by Crippen LogP contribution is -2.42. The Morgan fingerprint density at radius 2 is 2.10 bits per heavy atom. The summed E-state index contributed by atoms with van der Waals surface area (Å²) in [4.78, 5) is 25.3. The van der Waals surface area contributed by atoms with Crippen molar-refractivity contribution in [2.45, 2.75) is 64.3 Å². The van der Waals surface area contributed by atoms with Crippen LogP contribution < -0.4 is 10.5 Å². The Balaban J connectivity index is 1.24. The van der Waals surface area contributed by atoms with Gasteiger partial charge in [-0.3, -0.25) is 18.1 Å². The van der Waals surface area contributed by atoms with Gasteiger partial charge in [0.25, 0.3) is 0 Å². The lowest BCUT2D eigenvalue weighted by molar-refractivity contribution is -0.0925. The molecule has 5 heterocycles. The number of carbonyl (C=O) groups excluding carboxylic acids is 1. The van der Waals surface area contributed by atoms with E-state index in [1.165, 1.54) is 6.33 Å². The molecule has 42 heavy (non-hydrogen) atoms. The molecule has 3 aliphatic rings. The summed E-state index contributed by atoms with van der Waals surface area (Å²) in [5.74, 6) is 0.177. The third-order valence-electron chi connectivity index (χ3n) is 7.03. The number of phosphoric ester groups is 1. The van der Waals surface area contributed by atoms with Crippen molar-refractivity contribution >= 4 is 42.7 Å². The van der Waals surface area contributed by atoms with Crippen LogP contribution in [0.4, 0.5) is 10.7 Å². The minimum Gasteiger partial charge on any atom is -0.475 e. The molecule has 6 unspecified atom stereocenters. The molecule has 14 nitrogen and oxygen atoms in total. The second kappa shape index (κ2) is 10.6. The Kier molecular flexibility index (Phi) is 7.35. The quantitative estimate of drug-likeness (QED) is 0.276. The van der Waals surface area contributed by atoms with Crippen LogP contribution in [0.5, 0.6) is 5.88 Å². The fourth-order valence-electron chi connectivity index (χ4n) is 5.10. The van der Waals surface area contributed by atoms with Gasteiger partial charge in [-0.1, -0.05) is 44.5 Å². The van der Waals surface area contributed by atoms with Gasteiger partial charge in [0, 0.05) is 11.4 Å². The summed E-state index contributed by atoms with van der Waals surface area (Å²) in [5.41, 5.74) is 5.94. The zero-order chi connectivity index (χ0) is 29.9. The number of phosphoric acid groups is 1. The average Bonchev–Trinajstić information content (AvgIpc) is 3.54. The highest BCUT2D eigenvalue weighted by molar-refractivity contribution is 7.48. The first-order valence-corrected chi connectivity index (χ1v) is 15.2. The van der Waals surface area contributed by atoms with Crippen molar-refractivity contribution in [2.24, 2.45) is 5.41 Å². The number of halogens is 1. The number of imidazole rings is 1. The molecule has 0 saturated carbocycles. The number of nitrogens with zero attached hydrogens (tertiary/aromatic N) is 4. The first kappa shape index (κ1) is 29.1. The van der Waals surface area contributed by atoms with Gasteiger partial charge in [0.05, 0.1) is 32.3 Å². The van der Waals surface area contributed by atoms with Crippen LogP contribution in [0.25, 0.3) is 11.2 Å². The Morgan fingerprint density at radius 3 is 2.86 bits per heavy atom. The smallest absolute Gasteiger partial charge is 0.475 e. The van der Waals surface area contributed by atoms with Crippen LogP contribution in [0.15, 0.2) is 30.6 Å². The molecule has 2 aromatic heterocycles.